The topological polar surface area (TPSA) is 110 Å². The number of sulfonamides is 1. The number of benzene rings is 1. The molecule has 1 aromatic heterocycles. The normalized spacial score (nSPS) is 22.2. The van der Waals surface area contributed by atoms with Crippen LogP contribution in [0.1, 0.15) is 22.5 Å². The third kappa shape index (κ3) is 5.22. The van der Waals surface area contributed by atoms with Crippen LogP contribution >= 0.6 is 0 Å². The Labute approximate surface area is 200 Å². The standard InChI is InChI=1S/C23H32N6O4S/c1-18-14-21(25-17-24-18)28-9-8-23(31,16-28)15-27(3)22(30)19-4-6-20(7-5-19)34(32,33)29-12-10-26(2)11-13-29/h4-7,14,17,31H,8-13,15-16H2,1-3H3/t23-/m1/s1. The van der Waals surface area contributed by atoms with Crippen molar-refractivity contribution in [3.05, 3.63) is 47.9 Å². The quantitative estimate of drug-likeness (QED) is 0.624. The molecule has 2 fully saturated rings. The van der Waals surface area contributed by atoms with Crippen LogP contribution in [0.2, 0.25) is 0 Å². The molecule has 0 spiro atoms. The van der Waals surface area contributed by atoms with E-state index in [9.17, 15) is 18.3 Å². The molecule has 11 heteroatoms. The summed E-state index contributed by atoms with van der Waals surface area (Å²) < 4.78 is 27.3. The molecule has 34 heavy (non-hydrogen) atoms. The molecular formula is C23H32N6O4S. The molecule has 0 bridgehead atoms. The molecular weight excluding hydrogens is 456 g/mol. The molecule has 1 atom stereocenters. The number of aryl methyl sites for hydroxylation is 1. The van der Waals surface area contributed by atoms with Crippen molar-refractivity contribution >= 4 is 21.7 Å². The van der Waals surface area contributed by atoms with Crippen LogP contribution < -0.4 is 4.90 Å². The molecule has 4 rings (SSSR count). The first-order chi connectivity index (χ1) is 16.1. The minimum Gasteiger partial charge on any atom is -0.386 e. The maximum absolute atomic E-state index is 13.0. The Morgan fingerprint density at radius 3 is 2.44 bits per heavy atom. The molecule has 184 valence electrons. The second-order valence-corrected chi connectivity index (χ2v) is 11.2. The summed E-state index contributed by atoms with van der Waals surface area (Å²) in [5.74, 6) is 0.489. The molecule has 10 nitrogen and oxygen atoms in total. The zero-order valence-corrected chi connectivity index (χ0v) is 20.7. The van der Waals surface area contributed by atoms with Crippen LogP contribution in [-0.2, 0) is 10.0 Å². The van der Waals surface area contributed by atoms with Gasteiger partial charge in [-0.25, -0.2) is 18.4 Å². The molecule has 0 radical (unpaired) electrons. The lowest BCUT2D eigenvalue weighted by Crippen LogP contribution is -2.47. The minimum absolute atomic E-state index is 0.160. The maximum atomic E-state index is 13.0. The SMILES string of the molecule is Cc1cc(N2CC[C@@](O)(CN(C)C(=O)c3ccc(S(=O)(=O)N4CCN(C)CC4)cc3)C2)ncn1. The summed E-state index contributed by atoms with van der Waals surface area (Å²) >= 11 is 0. The molecule has 2 saturated heterocycles. The van der Waals surface area contributed by atoms with E-state index in [2.05, 4.69) is 14.9 Å². The van der Waals surface area contributed by atoms with Gasteiger partial charge in [-0.2, -0.15) is 4.31 Å². The van der Waals surface area contributed by atoms with Gasteiger partial charge in [0.25, 0.3) is 5.91 Å². The number of likely N-dealkylation sites (N-methyl/N-ethyl adjacent to an activating group) is 2. The lowest BCUT2D eigenvalue weighted by atomic mass is 10.0. The van der Waals surface area contributed by atoms with Crippen molar-refractivity contribution in [2.75, 3.05) is 64.8 Å². The zero-order valence-electron chi connectivity index (χ0n) is 19.9. The number of hydrogen-bond donors (Lipinski definition) is 1. The largest absolute Gasteiger partial charge is 0.386 e. The monoisotopic (exact) mass is 488 g/mol. The van der Waals surface area contributed by atoms with E-state index in [0.717, 1.165) is 11.5 Å². The Morgan fingerprint density at radius 1 is 1.12 bits per heavy atom. The lowest BCUT2D eigenvalue weighted by molar-refractivity contribution is 0.0264. The maximum Gasteiger partial charge on any atom is 0.253 e. The highest BCUT2D eigenvalue weighted by Gasteiger charge is 2.38. The van der Waals surface area contributed by atoms with Crippen LogP contribution in [0, 0.1) is 6.92 Å². The fourth-order valence-electron chi connectivity index (χ4n) is 4.48. The molecule has 0 aliphatic carbocycles. The van der Waals surface area contributed by atoms with Crippen molar-refractivity contribution in [2.45, 2.75) is 23.8 Å². The first kappa shape index (κ1) is 24.5. The van der Waals surface area contributed by atoms with Gasteiger partial charge in [0.05, 0.1) is 11.4 Å². The summed E-state index contributed by atoms with van der Waals surface area (Å²) in [7, 11) is 0.0288. The summed E-state index contributed by atoms with van der Waals surface area (Å²) in [6.07, 6.45) is 2.02. The van der Waals surface area contributed by atoms with Gasteiger partial charge in [0.15, 0.2) is 0 Å². The highest BCUT2D eigenvalue weighted by molar-refractivity contribution is 7.89. The second-order valence-electron chi connectivity index (χ2n) is 9.31. The van der Waals surface area contributed by atoms with Crippen molar-refractivity contribution in [2.24, 2.45) is 0 Å². The smallest absolute Gasteiger partial charge is 0.253 e. The Bertz CT molecular complexity index is 1130. The fourth-order valence-corrected chi connectivity index (χ4v) is 5.90. The molecule has 1 amide bonds. The molecule has 2 aliphatic heterocycles. The Hall–Kier alpha value is -2.60. The number of anilines is 1. The number of carbonyl (C=O) groups excluding carboxylic acids is 1. The van der Waals surface area contributed by atoms with E-state index < -0.39 is 15.6 Å². The van der Waals surface area contributed by atoms with Gasteiger partial charge in [-0.15, -0.1) is 0 Å². The summed E-state index contributed by atoms with van der Waals surface area (Å²) in [5.41, 5.74) is 0.170. The number of rotatable bonds is 6. The van der Waals surface area contributed by atoms with E-state index in [1.54, 1.807) is 7.05 Å². The number of nitrogens with zero attached hydrogens (tertiary/aromatic N) is 6. The molecule has 1 N–H and O–H groups in total. The second kappa shape index (κ2) is 9.57. The van der Waals surface area contributed by atoms with Crippen molar-refractivity contribution in [3.63, 3.8) is 0 Å². The van der Waals surface area contributed by atoms with Crippen molar-refractivity contribution in [1.82, 2.24) is 24.1 Å². The van der Waals surface area contributed by atoms with Crippen LogP contribution in [0.5, 0.6) is 0 Å². The zero-order chi connectivity index (χ0) is 24.5. The number of amides is 1. The van der Waals surface area contributed by atoms with E-state index in [1.165, 1.54) is 39.8 Å². The van der Waals surface area contributed by atoms with Gasteiger partial charge in [-0.3, -0.25) is 4.79 Å². The predicted octanol–water partition coefficient (Wildman–Crippen LogP) is 0.435. The van der Waals surface area contributed by atoms with Crippen LogP contribution in [0.15, 0.2) is 41.6 Å². The molecule has 2 aliphatic rings. The average molecular weight is 489 g/mol. The van der Waals surface area contributed by atoms with Crippen LogP contribution in [0.25, 0.3) is 0 Å². The number of aliphatic hydroxyl groups is 1. The van der Waals surface area contributed by atoms with Gasteiger partial charge in [0.1, 0.15) is 17.7 Å². The summed E-state index contributed by atoms with van der Waals surface area (Å²) in [5, 5.41) is 11.1. The molecule has 3 heterocycles. The summed E-state index contributed by atoms with van der Waals surface area (Å²) in [6.45, 7) is 5.33. The average Bonchev–Trinajstić information content (AvgIpc) is 3.20. The van der Waals surface area contributed by atoms with Crippen molar-refractivity contribution < 1.29 is 18.3 Å². The molecule has 1 aromatic carbocycles. The van der Waals surface area contributed by atoms with Gasteiger partial charge < -0.3 is 19.8 Å². The summed E-state index contributed by atoms with van der Waals surface area (Å²) in [6, 6.07) is 7.92. The first-order valence-corrected chi connectivity index (χ1v) is 12.8. The number of piperazine rings is 1. The van der Waals surface area contributed by atoms with Crippen LogP contribution in [0.3, 0.4) is 0 Å². The molecule has 0 unspecified atom stereocenters. The fraction of sp³-hybridized carbons (Fsp3) is 0.522. The highest BCUT2D eigenvalue weighted by atomic mass is 32.2. The Morgan fingerprint density at radius 2 is 1.79 bits per heavy atom. The van der Waals surface area contributed by atoms with Gasteiger partial charge in [0, 0.05) is 63.6 Å². The third-order valence-electron chi connectivity index (χ3n) is 6.53. The number of carbonyl (C=O) groups is 1. The number of β-amino-alcohol motifs (C(OH)–C–C–N with tert-alkyl or cyclic N) is 1. The third-order valence-corrected chi connectivity index (χ3v) is 8.44. The van der Waals surface area contributed by atoms with E-state index in [4.69, 9.17) is 0 Å². The molecule has 2 aromatic rings. The van der Waals surface area contributed by atoms with Crippen molar-refractivity contribution in [1.29, 1.82) is 0 Å². The highest BCUT2D eigenvalue weighted by Crippen LogP contribution is 2.27. The Kier molecular flexibility index (Phi) is 6.90. The van der Waals surface area contributed by atoms with E-state index in [0.29, 0.717) is 51.3 Å². The molecule has 0 saturated carbocycles. The predicted molar refractivity (Wildman–Crippen MR) is 128 cm³/mol. The van der Waals surface area contributed by atoms with Gasteiger partial charge in [0.2, 0.25) is 10.0 Å². The van der Waals surface area contributed by atoms with E-state index in [1.807, 2.05) is 24.9 Å². The number of aromatic nitrogens is 2. The van der Waals surface area contributed by atoms with Gasteiger partial charge >= 0.3 is 0 Å². The van der Waals surface area contributed by atoms with Gasteiger partial charge in [-0.1, -0.05) is 0 Å². The van der Waals surface area contributed by atoms with Crippen molar-refractivity contribution in [3.8, 4) is 0 Å². The Balaban J connectivity index is 1.39. The van der Waals surface area contributed by atoms with Gasteiger partial charge in [-0.05, 0) is 44.7 Å². The van der Waals surface area contributed by atoms with Crippen LogP contribution in [-0.4, -0.2) is 109 Å². The van der Waals surface area contributed by atoms with Crippen LogP contribution in [0.4, 0.5) is 5.82 Å². The van der Waals surface area contributed by atoms with E-state index in [-0.39, 0.29) is 17.3 Å². The first-order valence-electron chi connectivity index (χ1n) is 11.4. The minimum atomic E-state index is -3.59. The number of hydrogen-bond acceptors (Lipinski definition) is 8. The lowest BCUT2D eigenvalue weighted by Gasteiger charge is -2.31. The summed E-state index contributed by atoms with van der Waals surface area (Å²) in [4.78, 5) is 27.1. The van der Waals surface area contributed by atoms with E-state index >= 15 is 0 Å².